The molecule has 0 aliphatic carbocycles. The molecule has 0 fully saturated rings. The Bertz CT molecular complexity index is 443. The molecule has 90 valence electrons. The van der Waals surface area contributed by atoms with E-state index >= 15 is 0 Å². The van der Waals surface area contributed by atoms with Crippen LogP contribution in [0.5, 0.6) is 0 Å². The van der Waals surface area contributed by atoms with Crippen LogP contribution in [0.15, 0.2) is 24.3 Å². The van der Waals surface area contributed by atoms with Gasteiger partial charge < -0.3 is 5.73 Å². The Kier molecular flexibility index (Phi) is 4.43. The summed E-state index contributed by atoms with van der Waals surface area (Å²) < 4.78 is 23.4. The minimum Gasteiger partial charge on any atom is -0.326 e. The van der Waals surface area contributed by atoms with Crippen molar-refractivity contribution in [3.63, 3.8) is 0 Å². The Hall–Kier alpha value is -0.950. The van der Waals surface area contributed by atoms with Gasteiger partial charge in [-0.1, -0.05) is 24.3 Å². The molecule has 6 heteroatoms. The molecule has 5 nitrogen and oxygen atoms in total. The summed E-state index contributed by atoms with van der Waals surface area (Å²) in [4.78, 5) is 2.38. The van der Waals surface area contributed by atoms with Crippen molar-refractivity contribution < 1.29 is 8.42 Å². The van der Waals surface area contributed by atoms with Gasteiger partial charge in [-0.3, -0.25) is 0 Å². The van der Waals surface area contributed by atoms with Crippen LogP contribution in [-0.2, 0) is 22.3 Å². The fourth-order valence-electron chi connectivity index (χ4n) is 1.41. The number of sulfonamides is 1. The van der Waals surface area contributed by atoms with Crippen molar-refractivity contribution in [3.8, 4) is 0 Å². The second-order valence-electron chi connectivity index (χ2n) is 3.72. The Morgan fingerprint density at radius 3 is 2.31 bits per heavy atom. The van der Waals surface area contributed by atoms with Gasteiger partial charge in [0.2, 0.25) is 10.0 Å². The molecular formula is C10H17N3O2S. The Labute approximate surface area is 96.3 Å². The molecule has 1 aromatic rings. The summed E-state index contributed by atoms with van der Waals surface area (Å²) >= 11 is 0. The second-order valence-corrected chi connectivity index (χ2v) is 5.42. The average Bonchev–Trinajstić information content (AvgIpc) is 2.15. The number of nitrogens with one attached hydrogen (secondary N) is 1. The Morgan fingerprint density at radius 2 is 1.81 bits per heavy atom. The number of benzene rings is 1. The second kappa shape index (κ2) is 5.40. The standard InChI is InChI=1S/C10H17N3O2S/c1-13(2)12-16(14,15)8-10-6-4-3-5-9(10)7-11/h3-6,12H,7-8,11H2,1-2H3. The molecule has 1 rings (SSSR count). The lowest BCUT2D eigenvalue weighted by molar-refractivity contribution is 0.363. The molecule has 3 N–H and O–H groups in total. The first kappa shape index (κ1) is 13.1. The van der Waals surface area contributed by atoms with E-state index in [1.165, 1.54) is 5.01 Å². The van der Waals surface area contributed by atoms with Crippen molar-refractivity contribution in [3.05, 3.63) is 35.4 Å². The van der Waals surface area contributed by atoms with Gasteiger partial charge in [0.15, 0.2) is 0 Å². The lowest BCUT2D eigenvalue weighted by Crippen LogP contribution is -2.37. The number of hydrazine groups is 1. The third-order valence-electron chi connectivity index (χ3n) is 2.01. The molecule has 0 radical (unpaired) electrons. The summed E-state index contributed by atoms with van der Waals surface area (Å²) in [6.07, 6.45) is 0. The van der Waals surface area contributed by atoms with E-state index in [-0.39, 0.29) is 5.75 Å². The molecule has 1 aromatic carbocycles. The number of nitrogens with two attached hydrogens (primary N) is 1. The molecule has 0 aliphatic rings. The van der Waals surface area contributed by atoms with Crippen LogP contribution in [0.1, 0.15) is 11.1 Å². The first-order valence-electron chi connectivity index (χ1n) is 4.89. The topological polar surface area (TPSA) is 75.4 Å². The molecule has 0 saturated carbocycles. The third kappa shape index (κ3) is 3.90. The summed E-state index contributed by atoms with van der Waals surface area (Å²) in [7, 11) is -0.0834. The molecule has 0 heterocycles. The van der Waals surface area contributed by atoms with Crippen LogP contribution in [0, 0.1) is 0 Å². The lowest BCUT2D eigenvalue weighted by Gasteiger charge is -2.13. The van der Waals surface area contributed by atoms with Crippen molar-refractivity contribution in [1.29, 1.82) is 0 Å². The van der Waals surface area contributed by atoms with E-state index in [1.54, 1.807) is 26.2 Å². The van der Waals surface area contributed by atoms with E-state index in [2.05, 4.69) is 4.83 Å². The summed E-state index contributed by atoms with van der Waals surface area (Å²) in [5.41, 5.74) is 7.13. The van der Waals surface area contributed by atoms with E-state index in [0.29, 0.717) is 6.54 Å². The molecule has 0 amide bonds. The highest BCUT2D eigenvalue weighted by Crippen LogP contribution is 2.11. The largest absolute Gasteiger partial charge is 0.326 e. The van der Waals surface area contributed by atoms with Crippen LogP contribution in [0.4, 0.5) is 0 Å². The zero-order valence-electron chi connectivity index (χ0n) is 9.47. The lowest BCUT2D eigenvalue weighted by atomic mass is 10.1. The monoisotopic (exact) mass is 243 g/mol. The highest BCUT2D eigenvalue weighted by Gasteiger charge is 2.13. The number of rotatable bonds is 5. The normalized spacial score (nSPS) is 12.0. The summed E-state index contributed by atoms with van der Waals surface area (Å²) in [6.45, 7) is 0.341. The molecular weight excluding hydrogens is 226 g/mol. The zero-order valence-corrected chi connectivity index (χ0v) is 10.3. The van der Waals surface area contributed by atoms with Gasteiger partial charge in [-0.2, -0.15) is 0 Å². The van der Waals surface area contributed by atoms with Gasteiger partial charge in [0.25, 0.3) is 0 Å². The van der Waals surface area contributed by atoms with Crippen LogP contribution in [0.25, 0.3) is 0 Å². The van der Waals surface area contributed by atoms with Crippen LogP contribution >= 0.6 is 0 Å². The van der Waals surface area contributed by atoms with Gasteiger partial charge in [-0.05, 0) is 11.1 Å². The molecule has 16 heavy (non-hydrogen) atoms. The summed E-state index contributed by atoms with van der Waals surface area (Å²) in [6, 6.07) is 7.26. The van der Waals surface area contributed by atoms with Gasteiger partial charge in [0.05, 0.1) is 5.75 Å². The van der Waals surface area contributed by atoms with Crippen molar-refractivity contribution >= 4 is 10.0 Å². The van der Waals surface area contributed by atoms with E-state index in [0.717, 1.165) is 11.1 Å². The summed E-state index contributed by atoms with van der Waals surface area (Å²) in [5, 5.41) is 1.40. The highest BCUT2D eigenvalue weighted by atomic mass is 32.2. The maximum Gasteiger partial charge on any atom is 0.228 e. The first-order valence-corrected chi connectivity index (χ1v) is 6.54. The average molecular weight is 243 g/mol. The third-order valence-corrected chi connectivity index (χ3v) is 3.34. The minimum atomic E-state index is -3.35. The fourth-order valence-corrected chi connectivity index (χ4v) is 2.72. The molecule has 0 bridgehead atoms. The molecule has 0 unspecified atom stereocenters. The summed E-state index contributed by atoms with van der Waals surface area (Å²) in [5.74, 6) is -0.0570. The van der Waals surface area contributed by atoms with Crippen LogP contribution in [0.2, 0.25) is 0 Å². The van der Waals surface area contributed by atoms with Gasteiger partial charge in [-0.25, -0.2) is 13.4 Å². The maximum absolute atomic E-state index is 11.7. The van der Waals surface area contributed by atoms with E-state index in [9.17, 15) is 8.42 Å². The predicted octanol–water partition coefficient (Wildman–Crippen LogP) is 0.0413. The van der Waals surface area contributed by atoms with Crippen molar-refractivity contribution in [2.45, 2.75) is 12.3 Å². The molecule has 0 spiro atoms. The highest BCUT2D eigenvalue weighted by molar-refractivity contribution is 7.88. The SMILES string of the molecule is CN(C)NS(=O)(=O)Cc1ccccc1CN. The van der Waals surface area contributed by atoms with Crippen molar-refractivity contribution in [2.24, 2.45) is 5.73 Å². The number of hydrogen-bond acceptors (Lipinski definition) is 4. The van der Waals surface area contributed by atoms with Crippen LogP contribution in [0.3, 0.4) is 0 Å². The zero-order chi connectivity index (χ0) is 12.2. The van der Waals surface area contributed by atoms with Crippen LogP contribution < -0.4 is 10.6 Å². The molecule has 0 saturated heterocycles. The van der Waals surface area contributed by atoms with Crippen LogP contribution in [-0.4, -0.2) is 27.5 Å². The number of hydrogen-bond donors (Lipinski definition) is 2. The molecule has 0 atom stereocenters. The fraction of sp³-hybridized carbons (Fsp3) is 0.400. The predicted molar refractivity (Wildman–Crippen MR) is 63.8 cm³/mol. The maximum atomic E-state index is 11.7. The minimum absolute atomic E-state index is 0.0570. The van der Waals surface area contributed by atoms with E-state index in [1.807, 2.05) is 12.1 Å². The Morgan fingerprint density at radius 1 is 1.25 bits per heavy atom. The molecule has 0 aromatic heterocycles. The Balaban J connectivity index is 2.88. The van der Waals surface area contributed by atoms with Crippen molar-refractivity contribution in [1.82, 2.24) is 9.84 Å². The van der Waals surface area contributed by atoms with Gasteiger partial charge >= 0.3 is 0 Å². The molecule has 0 aliphatic heterocycles. The smallest absolute Gasteiger partial charge is 0.228 e. The van der Waals surface area contributed by atoms with E-state index in [4.69, 9.17) is 5.73 Å². The van der Waals surface area contributed by atoms with Gasteiger partial charge in [-0.15, -0.1) is 4.83 Å². The van der Waals surface area contributed by atoms with Gasteiger partial charge in [0.1, 0.15) is 0 Å². The van der Waals surface area contributed by atoms with E-state index < -0.39 is 10.0 Å². The van der Waals surface area contributed by atoms with Gasteiger partial charge in [0, 0.05) is 20.6 Å². The quantitative estimate of drug-likeness (QED) is 0.716. The van der Waals surface area contributed by atoms with Crippen molar-refractivity contribution in [2.75, 3.05) is 14.1 Å². The number of nitrogens with zero attached hydrogens (tertiary/aromatic N) is 1. The first-order chi connectivity index (χ1) is 7.44.